The normalized spacial score (nSPS) is 12.9. The molecule has 0 spiro atoms. The van der Waals surface area contributed by atoms with Gasteiger partial charge in [0.15, 0.2) is 0 Å². The van der Waals surface area contributed by atoms with Gasteiger partial charge in [-0.1, -0.05) is 13.8 Å². The average molecular weight is 208 g/mol. The quantitative estimate of drug-likeness (QED) is 0.827. The molecular formula is C12H20N2O. The Morgan fingerprint density at radius 1 is 1.33 bits per heavy atom. The zero-order valence-electron chi connectivity index (χ0n) is 9.95. The first-order chi connectivity index (χ1) is 6.99. The highest BCUT2D eigenvalue weighted by Gasteiger charge is 2.08. The van der Waals surface area contributed by atoms with Gasteiger partial charge in [-0.15, -0.1) is 0 Å². The van der Waals surface area contributed by atoms with Gasteiger partial charge in [-0.25, -0.2) is 4.98 Å². The summed E-state index contributed by atoms with van der Waals surface area (Å²) in [6, 6.07) is 3.65. The van der Waals surface area contributed by atoms with Gasteiger partial charge in [0, 0.05) is 6.07 Å². The van der Waals surface area contributed by atoms with Crippen molar-refractivity contribution in [3.63, 3.8) is 0 Å². The number of anilines is 1. The predicted molar refractivity (Wildman–Crippen MR) is 62.9 cm³/mol. The Hall–Kier alpha value is -1.25. The molecule has 0 aromatic carbocycles. The van der Waals surface area contributed by atoms with Crippen LogP contribution in [0.1, 0.15) is 32.9 Å². The number of aromatic nitrogens is 1. The van der Waals surface area contributed by atoms with E-state index in [9.17, 15) is 0 Å². The van der Waals surface area contributed by atoms with Crippen molar-refractivity contribution in [1.82, 2.24) is 4.98 Å². The third-order valence-corrected chi connectivity index (χ3v) is 2.23. The molecule has 0 bridgehead atoms. The molecule has 0 saturated carbocycles. The second kappa shape index (κ2) is 5.01. The molecule has 0 amide bonds. The van der Waals surface area contributed by atoms with E-state index in [4.69, 9.17) is 10.5 Å². The van der Waals surface area contributed by atoms with Gasteiger partial charge in [0.05, 0.1) is 17.5 Å². The van der Waals surface area contributed by atoms with Gasteiger partial charge in [-0.3, -0.25) is 0 Å². The SMILES string of the molecule is Cc1nc(OC(C)CC(C)C)ccc1N. The van der Waals surface area contributed by atoms with Crippen LogP contribution in [0.3, 0.4) is 0 Å². The largest absolute Gasteiger partial charge is 0.475 e. The lowest BCUT2D eigenvalue weighted by molar-refractivity contribution is 0.185. The molecule has 0 saturated heterocycles. The van der Waals surface area contributed by atoms with E-state index in [1.165, 1.54) is 0 Å². The lowest BCUT2D eigenvalue weighted by atomic mass is 10.1. The van der Waals surface area contributed by atoms with Crippen LogP contribution in [-0.2, 0) is 0 Å². The molecule has 0 aliphatic heterocycles. The summed E-state index contributed by atoms with van der Waals surface area (Å²) in [5.41, 5.74) is 7.21. The van der Waals surface area contributed by atoms with Gasteiger partial charge in [0.1, 0.15) is 0 Å². The Balaban J connectivity index is 2.60. The fraction of sp³-hybridized carbons (Fsp3) is 0.583. The van der Waals surface area contributed by atoms with Gasteiger partial charge < -0.3 is 10.5 Å². The second-order valence-electron chi connectivity index (χ2n) is 4.38. The molecule has 1 aromatic rings. The van der Waals surface area contributed by atoms with Crippen LogP contribution in [-0.4, -0.2) is 11.1 Å². The highest BCUT2D eigenvalue weighted by atomic mass is 16.5. The van der Waals surface area contributed by atoms with E-state index in [2.05, 4.69) is 25.8 Å². The lowest BCUT2D eigenvalue weighted by Gasteiger charge is -2.16. The van der Waals surface area contributed by atoms with Gasteiger partial charge in [-0.2, -0.15) is 0 Å². The van der Waals surface area contributed by atoms with E-state index < -0.39 is 0 Å². The van der Waals surface area contributed by atoms with Crippen LogP contribution < -0.4 is 10.5 Å². The summed E-state index contributed by atoms with van der Waals surface area (Å²) >= 11 is 0. The Morgan fingerprint density at radius 3 is 2.53 bits per heavy atom. The van der Waals surface area contributed by atoms with E-state index in [1.54, 1.807) is 0 Å². The first kappa shape index (κ1) is 11.8. The number of pyridine rings is 1. The summed E-state index contributed by atoms with van der Waals surface area (Å²) in [5.74, 6) is 1.30. The molecule has 2 N–H and O–H groups in total. The van der Waals surface area contributed by atoms with E-state index in [1.807, 2.05) is 19.1 Å². The standard InChI is InChI=1S/C12H20N2O/c1-8(2)7-9(3)15-12-6-5-11(13)10(4)14-12/h5-6,8-9H,7,13H2,1-4H3. The molecule has 0 fully saturated rings. The van der Waals surface area contributed by atoms with E-state index in [0.29, 0.717) is 17.5 Å². The highest BCUT2D eigenvalue weighted by molar-refractivity contribution is 5.43. The topological polar surface area (TPSA) is 48.1 Å². The third kappa shape index (κ3) is 3.78. The zero-order chi connectivity index (χ0) is 11.4. The number of rotatable bonds is 4. The van der Waals surface area contributed by atoms with Crippen molar-refractivity contribution in [3.05, 3.63) is 17.8 Å². The Bertz CT molecular complexity index is 323. The van der Waals surface area contributed by atoms with Crippen LogP contribution in [0.4, 0.5) is 5.69 Å². The lowest BCUT2D eigenvalue weighted by Crippen LogP contribution is -2.15. The zero-order valence-corrected chi connectivity index (χ0v) is 9.95. The first-order valence-corrected chi connectivity index (χ1v) is 5.38. The van der Waals surface area contributed by atoms with Crippen molar-refractivity contribution in [2.75, 3.05) is 5.73 Å². The van der Waals surface area contributed by atoms with Crippen LogP contribution in [0, 0.1) is 12.8 Å². The first-order valence-electron chi connectivity index (χ1n) is 5.38. The number of nitrogen functional groups attached to an aromatic ring is 1. The fourth-order valence-corrected chi connectivity index (χ4v) is 1.53. The minimum atomic E-state index is 0.195. The van der Waals surface area contributed by atoms with Crippen LogP contribution in [0.15, 0.2) is 12.1 Å². The monoisotopic (exact) mass is 208 g/mol. The molecule has 1 atom stereocenters. The molecule has 0 aliphatic rings. The van der Waals surface area contributed by atoms with Crippen molar-refractivity contribution >= 4 is 5.69 Å². The Kier molecular flexibility index (Phi) is 3.95. The molecule has 1 aromatic heterocycles. The van der Waals surface area contributed by atoms with Gasteiger partial charge in [-0.05, 0) is 32.3 Å². The second-order valence-corrected chi connectivity index (χ2v) is 4.38. The number of nitrogens with two attached hydrogens (primary N) is 1. The molecule has 0 radical (unpaired) electrons. The predicted octanol–water partition coefficient (Wildman–Crippen LogP) is 2.79. The summed E-state index contributed by atoms with van der Waals surface area (Å²) in [6.07, 6.45) is 1.23. The number of aryl methyl sites for hydroxylation is 1. The number of nitrogens with zero attached hydrogens (tertiary/aromatic N) is 1. The molecule has 15 heavy (non-hydrogen) atoms. The van der Waals surface area contributed by atoms with Gasteiger partial charge in [0.2, 0.25) is 5.88 Å². The van der Waals surface area contributed by atoms with Crippen molar-refractivity contribution < 1.29 is 4.74 Å². The summed E-state index contributed by atoms with van der Waals surface area (Å²) in [5, 5.41) is 0. The molecule has 1 heterocycles. The fourth-order valence-electron chi connectivity index (χ4n) is 1.53. The number of ether oxygens (including phenoxy) is 1. The van der Waals surface area contributed by atoms with Crippen molar-refractivity contribution in [3.8, 4) is 5.88 Å². The van der Waals surface area contributed by atoms with Crippen LogP contribution >= 0.6 is 0 Å². The average Bonchev–Trinajstić information content (AvgIpc) is 2.10. The number of hydrogen-bond acceptors (Lipinski definition) is 3. The highest BCUT2D eigenvalue weighted by Crippen LogP contribution is 2.17. The molecule has 1 rings (SSSR count). The van der Waals surface area contributed by atoms with Crippen molar-refractivity contribution in [2.24, 2.45) is 5.92 Å². The van der Waals surface area contributed by atoms with E-state index >= 15 is 0 Å². The Labute approximate surface area is 91.7 Å². The molecule has 0 aliphatic carbocycles. The third-order valence-electron chi connectivity index (χ3n) is 2.23. The smallest absolute Gasteiger partial charge is 0.213 e. The Morgan fingerprint density at radius 2 is 2.00 bits per heavy atom. The summed E-state index contributed by atoms with van der Waals surface area (Å²) in [4.78, 5) is 4.27. The maximum atomic E-state index is 5.69. The summed E-state index contributed by atoms with van der Waals surface area (Å²) < 4.78 is 5.69. The molecule has 3 nitrogen and oxygen atoms in total. The van der Waals surface area contributed by atoms with Crippen LogP contribution in [0.25, 0.3) is 0 Å². The summed E-state index contributed by atoms with van der Waals surface area (Å²) in [6.45, 7) is 8.31. The molecule has 1 unspecified atom stereocenters. The minimum absolute atomic E-state index is 0.195. The molecular weight excluding hydrogens is 188 g/mol. The molecule has 3 heteroatoms. The van der Waals surface area contributed by atoms with Gasteiger partial charge in [0.25, 0.3) is 0 Å². The summed E-state index contributed by atoms with van der Waals surface area (Å²) in [7, 11) is 0. The van der Waals surface area contributed by atoms with E-state index in [-0.39, 0.29) is 6.10 Å². The van der Waals surface area contributed by atoms with E-state index in [0.717, 1.165) is 12.1 Å². The van der Waals surface area contributed by atoms with Crippen molar-refractivity contribution in [2.45, 2.75) is 40.2 Å². The van der Waals surface area contributed by atoms with Crippen LogP contribution in [0.2, 0.25) is 0 Å². The number of hydrogen-bond donors (Lipinski definition) is 1. The maximum absolute atomic E-state index is 5.69. The minimum Gasteiger partial charge on any atom is -0.475 e. The van der Waals surface area contributed by atoms with Gasteiger partial charge >= 0.3 is 0 Å². The van der Waals surface area contributed by atoms with Crippen molar-refractivity contribution in [1.29, 1.82) is 0 Å². The molecule has 84 valence electrons. The maximum Gasteiger partial charge on any atom is 0.213 e. The van der Waals surface area contributed by atoms with Crippen LogP contribution in [0.5, 0.6) is 5.88 Å².